The van der Waals surface area contributed by atoms with Crippen LogP contribution in [0, 0.1) is 6.92 Å². The lowest BCUT2D eigenvalue weighted by atomic mass is 10.3. The third-order valence-corrected chi connectivity index (χ3v) is 3.61. The fourth-order valence-corrected chi connectivity index (χ4v) is 2.28. The number of carbonyl (C=O) groups is 1. The van der Waals surface area contributed by atoms with E-state index in [0.717, 1.165) is 24.4 Å². The summed E-state index contributed by atoms with van der Waals surface area (Å²) < 4.78 is 10.7. The van der Waals surface area contributed by atoms with Crippen LogP contribution in [0.4, 0.5) is 5.82 Å². The number of carbonyl (C=O) groups excluding carboxylic acids is 1. The standard InChI is InChI=1S/C19H27N5O3.HI/c1-15-6-3-8-17(23-15)24-18(25)9-11-22-19(20-2)21-10-5-12-26-14-16-7-4-13-27-16;/h3-4,6-8,13H,5,9-12,14H2,1-2H3,(H2,20,21,22)(H,23,24,25);1H. The summed E-state index contributed by atoms with van der Waals surface area (Å²) in [5.41, 5.74) is 0.865. The van der Waals surface area contributed by atoms with Gasteiger partial charge in [-0.25, -0.2) is 4.98 Å². The van der Waals surface area contributed by atoms with Gasteiger partial charge in [-0.3, -0.25) is 9.79 Å². The summed E-state index contributed by atoms with van der Waals surface area (Å²) in [7, 11) is 1.69. The van der Waals surface area contributed by atoms with E-state index in [2.05, 4.69) is 25.9 Å². The molecule has 0 saturated heterocycles. The number of nitrogens with one attached hydrogen (secondary N) is 3. The van der Waals surface area contributed by atoms with Crippen LogP contribution in [0.5, 0.6) is 0 Å². The Bertz CT molecular complexity index is 722. The number of aryl methyl sites for hydroxylation is 1. The molecule has 2 rings (SSSR count). The number of hydrogen-bond acceptors (Lipinski definition) is 5. The van der Waals surface area contributed by atoms with E-state index in [1.54, 1.807) is 19.4 Å². The molecule has 0 aliphatic rings. The Kier molecular flexibility index (Phi) is 11.9. The van der Waals surface area contributed by atoms with Crippen LogP contribution in [-0.4, -0.2) is 43.6 Å². The molecule has 0 radical (unpaired) electrons. The molecule has 0 aliphatic heterocycles. The van der Waals surface area contributed by atoms with E-state index < -0.39 is 0 Å². The predicted molar refractivity (Wildman–Crippen MR) is 120 cm³/mol. The number of ether oxygens (including phenoxy) is 1. The summed E-state index contributed by atoms with van der Waals surface area (Å²) in [5.74, 6) is 1.95. The van der Waals surface area contributed by atoms with E-state index in [1.165, 1.54) is 0 Å². The van der Waals surface area contributed by atoms with Crippen LogP contribution in [0.2, 0.25) is 0 Å². The van der Waals surface area contributed by atoms with Gasteiger partial charge in [-0.2, -0.15) is 0 Å². The minimum absolute atomic E-state index is 0. The number of nitrogens with zero attached hydrogens (tertiary/aromatic N) is 2. The van der Waals surface area contributed by atoms with Crippen molar-refractivity contribution in [1.82, 2.24) is 15.6 Å². The summed E-state index contributed by atoms with van der Waals surface area (Å²) in [5, 5.41) is 9.08. The van der Waals surface area contributed by atoms with Gasteiger partial charge in [-0.15, -0.1) is 24.0 Å². The van der Waals surface area contributed by atoms with Crippen molar-refractivity contribution in [2.24, 2.45) is 4.99 Å². The van der Waals surface area contributed by atoms with E-state index in [0.29, 0.717) is 38.0 Å². The van der Waals surface area contributed by atoms with Crippen LogP contribution in [-0.2, 0) is 16.1 Å². The summed E-state index contributed by atoms with van der Waals surface area (Å²) in [4.78, 5) is 20.3. The first-order chi connectivity index (χ1) is 13.2. The zero-order valence-electron chi connectivity index (χ0n) is 16.2. The van der Waals surface area contributed by atoms with Crippen LogP contribution in [0.1, 0.15) is 24.3 Å². The molecule has 0 atom stereocenters. The summed E-state index contributed by atoms with van der Waals surface area (Å²) >= 11 is 0. The maximum atomic E-state index is 11.9. The highest BCUT2D eigenvalue weighted by Crippen LogP contribution is 2.04. The third kappa shape index (κ3) is 9.70. The van der Waals surface area contributed by atoms with Crippen molar-refractivity contribution in [2.75, 3.05) is 32.1 Å². The van der Waals surface area contributed by atoms with E-state index in [4.69, 9.17) is 9.15 Å². The first kappa shape index (κ1) is 23.9. The molecule has 3 N–H and O–H groups in total. The van der Waals surface area contributed by atoms with Crippen molar-refractivity contribution in [3.05, 3.63) is 48.0 Å². The average Bonchev–Trinajstić information content (AvgIpc) is 3.16. The van der Waals surface area contributed by atoms with Crippen molar-refractivity contribution in [2.45, 2.75) is 26.4 Å². The Labute approximate surface area is 182 Å². The maximum absolute atomic E-state index is 11.9. The molecule has 2 aromatic heterocycles. The zero-order valence-corrected chi connectivity index (χ0v) is 18.6. The van der Waals surface area contributed by atoms with Gasteiger partial charge >= 0.3 is 0 Å². The molecule has 0 fully saturated rings. The molecule has 0 aliphatic carbocycles. The molecule has 9 heteroatoms. The van der Waals surface area contributed by atoms with Crippen molar-refractivity contribution < 1.29 is 13.9 Å². The fraction of sp³-hybridized carbons (Fsp3) is 0.421. The number of guanidine groups is 1. The normalized spacial score (nSPS) is 10.9. The molecular formula is C19H28IN5O3. The number of hydrogen-bond donors (Lipinski definition) is 3. The molecule has 2 aromatic rings. The summed E-state index contributed by atoms with van der Waals surface area (Å²) in [6.07, 6.45) is 2.79. The molecular weight excluding hydrogens is 473 g/mol. The van der Waals surface area contributed by atoms with Gasteiger partial charge in [0.25, 0.3) is 0 Å². The van der Waals surface area contributed by atoms with Gasteiger partial charge in [-0.05, 0) is 37.6 Å². The molecule has 8 nitrogen and oxygen atoms in total. The van der Waals surface area contributed by atoms with E-state index >= 15 is 0 Å². The molecule has 0 unspecified atom stereocenters. The quantitative estimate of drug-likeness (QED) is 0.200. The van der Waals surface area contributed by atoms with E-state index in [9.17, 15) is 4.79 Å². The molecule has 1 amide bonds. The summed E-state index contributed by atoms with van der Waals surface area (Å²) in [6, 6.07) is 9.24. The Morgan fingerprint density at radius 2 is 2.04 bits per heavy atom. The molecule has 154 valence electrons. The van der Waals surface area contributed by atoms with Crippen LogP contribution < -0.4 is 16.0 Å². The van der Waals surface area contributed by atoms with Gasteiger partial charge in [0.15, 0.2) is 5.96 Å². The zero-order chi connectivity index (χ0) is 19.3. The molecule has 0 saturated carbocycles. The van der Waals surface area contributed by atoms with Gasteiger partial charge in [-0.1, -0.05) is 6.07 Å². The number of pyridine rings is 1. The Hall–Kier alpha value is -2.14. The van der Waals surface area contributed by atoms with Crippen LogP contribution in [0.25, 0.3) is 0 Å². The number of halogens is 1. The Morgan fingerprint density at radius 3 is 2.75 bits per heavy atom. The van der Waals surface area contributed by atoms with Crippen molar-refractivity contribution in [1.29, 1.82) is 0 Å². The van der Waals surface area contributed by atoms with Gasteiger partial charge < -0.3 is 25.1 Å². The van der Waals surface area contributed by atoms with E-state index in [-0.39, 0.29) is 29.9 Å². The van der Waals surface area contributed by atoms with Crippen molar-refractivity contribution in [3.63, 3.8) is 0 Å². The second kappa shape index (κ2) is 13.9. The fourth-order valence-electron chi connectivity index (χ4n) is 2.28. The third-order valence-electron chi connectivity index (χ3n) is 3.61. The van der Waals surface area contributed by atoms with Crippen molar-refractivity contribution in [3.8, 4) is 0 Å². The maximum Gasteiger partial charge on any atom is 0.227 e. The lowest BCUT2D eigenvalue weighted by Crippen LogP contribution is -2.39. The largest absolute Gasteiger partial charge is 0.467 e. The highest BCUT2D eigenvalue weighted by atomic mass is 127. The Balaban J connectivity index is 0.00000392. The van der Waals surface area contributed by atoms with E-state index in [1.807, 2.05) is 31.2 Å². The van der Waals surface area contributed by atoms with Crippen LogP contribution in [0.15, 0.2) is 46.0 Å². The second-order valence-electron chi connectivity index (χ2n) is 5.87. The SMILES string of the molecule is CN=C(NCCCOCc1ccco1)NCCC(=O)Nc1cccc(C)n1.I. The first-order valence-corrected chi connectivity index (χ1v) is 8.95. The number of furan rings is 1. The van der Waals surface area contributed by atoms with Gasteiger partial charge in [0.2, 0.25) is 5.91 Å². The van der Waals surface area contributed by atoms with Gasteiger partial charge in [0.05, 0.1) is 6.26 Å². The lowest BCUT2D eigenvalue weighted by molar-refractivity contribution is -0.116. The number of aromatic nitrogens is 1. The highest BCUT2D eigenvalue weighted by molar-refractivity contribution is 14.0. The molecule has 0 spiro atoms. The molecule has 0 bridgehead atoms. The Morgan fingerprint density at radius 1 is 1.21 bits per heavy atom. The van der Waals surface area contributed by atoms with Gasteiger partial charge in [0.1, 0.15) is 18.2 Å². The topological polar surface area (TPSA) is 101 Å². The molecule has 2 heterocycles. The minimum atomic E-state index is -0.0950. The predicted octanol–water partition coefficient (Wildman–Crippen LogP) is 2.70. The lowest BCUT2D eigenvalue weighted by Gasteiger charge is -2.12. The van der Waals surface area contributed by atoms with Crippen LogP contribution >= 0.6 is 24.0 Å². The number of anilines is 1. The number of rotatable bonds is 10. The van der Waals surface area contributed by atoms with Crippen molar-refractivity contribution >= 4 is 41.7 Å². The molecule has 0 aromatic carbocycles. The van der Waals surface area contributed by atoms with Gasteiger partial charge in [0, 0.05) is 38.9 Å². The second-order valence-corrected chi connectivity index (χ2v) is 5.87. The number of aliphatic imine (C=N–C) groups is 1. The average molecular weight is 501 g/mol. The van der Waals surface area contributed by atoms with Crippen LogP contribution in [0.3, 0.4) is 0 Å². The number of amides is 1. The smallest absolute Gasteiger partial charge is 0.227 e. The monoisotopic (exact) mass is 501 g/mol. The highest BCUT2D eigenvalue weighted by Gasteiger charge is 2.04. The summed E-state index contributed by atoms with van der Waals surface area (Å²) in [6.45, 7) is 4.18. The molecule has 28 heavy (non-hydrogen) atoms. The minimum Gasteiger partial charge on any atom is -0.467 e. The first-order valence-electron chi connectivity index (χ1n) is 8.95.